The third kappa shape index (κ3) is 3.31. The average Bonchev–Trinajstić information content (AvgIpc) is 3.09. The molecule has 0 aliphatic carbocycles. The molecule has 1 atom stereocenters. The number of benzene rings is 2. The maximum absolute atomic E-state index is 13.2. The standard InChI is InChI=1S/C20H18ClN5O/c1-12-4-3-5-16(10-12)25-19(27)17-13(2)24-20-22-11-23-26(20)18(17)14-6-8-15(21)9-7-14/h3-11,18H,1-2H3,(H,25,27)(H,22,23,24). The molecule has 6 nitrogen and oxygen atoms in total. The normalized spacial score (nSPS) is 15.9. The summed E-state index contributed by atoms with van der Waals surface area (Å²) in [5.41, 5.74) is 4.05. The average molecular weight is 380 g/mol. The predicted molar refractivity (Wildman–Crippen MR) is 106 cm³/mol. The second kappa shape index (κ2) is 6.89. The molecular formula is C20H18ClN5O. The number of rotatable bonds is 3. The number of nitrogens with one attached hydrogen (secondary N) is 2. The van der Waals surface area contributed by atoms with Crippen molar-refractivity contribution in [2.24, 2.45) is 0 Å². The zero-order chi connectivity index (χ0) is 19.0. The van der Waals surface area contributed by atoms with Crippen molar-refractivity contribution in [1.82, 2.24) is 14.8 Å². The van der Waals surface area contributed by atoms with E-state index >= 15 is 0 Å². The fourth-order valence-corrected chi connectivity index (χ4v) is 3.39. The van der Waals surface area contributed by atoms with E-state index in [0.717, 1.165) is 22.5 Å². The van der Waals surface area contributed by atoms with Gasteiger partial charge in [-0.15, -0.1) is 0 Å². The van der Waals surface area contributed by atoms with Crippen molar-refractivity contribution in [3.05, 3.63) is 82.3 Å². The van der Waals surface area contributed by atoms with Crippen molar-refractivity contribution in [3.63, 3.8) is 0 Å². The van der Waals surface area contributed by atoms with Crippen molar-refractivity contribution in [1.29, 1.82) is 0 Å². The Balaban J connectivity index is 1.76. The van der Waals surface area contributed by atoms with Gasteiger partial charge in [0.05, 0.1) is 5.57 Å². The number of nitrogens with zero attached hydrogens (tertiary/aromatic N) is 3. The number of aryl methyl sites for hydroxylation is 1. The number of fused-ring (bicyclic) bond motifs is 1. The van der Waals surface area contributed by atoms with Crippen LogP contribution in [0.5, 0.6) is 0 Å². The Labute approximate surface area is 161 Å². The van der Waals surface area contributed by atoms with Gasteiger partial charge in [0.15, 0.2) is 0 Å². The number of carbonyl (C=O) groups excluding carboxylic acids is 1. The van der Waals surface area contributed by atoms with Crippen molar-refractivity contribution in [3.8, 4) is 0 Å². The van der Waals surface area contributed by atoms with E-state index in [1.165, 1.54) is 6.33 Å². The minimum Gasteiger partial charge on any atom is -0.328 e. The zero-order valence-corrected chi connectivity index (χ0v) is 15.7. The summed E-state index contributed by atoms with van der Waals surface area (Å²) in [7, 11) is 0. The van der Waals surface area contributed by atoms with Crippen LogP contribution in [0.15, 0.2) is 66.1 Å². The third-order valence-electron chi connectivity index (χ3n) is 4.50. The fraction of sp³-hybridized carbons (Fsp3) is 0.150. The van der Waals surface area contributed by atoms with Crippen LogP contribution >= 0.6 is 11.6 Å². The molecule has 0 saturated heterocycles. The first-order valence-corrected chi connectivity index (χ1v) is 8.91. The molecule has 1 aliphatic rings. The zero-order valence-electron chi connectivity index (χ0n) is 14.9. The quantitative estimate of drug-likeness (QED) is 0.716. The lowest BCUT2D eigenvalue weighted by molar-refractivity contribution is -0.113. The highest BCUT2D eigenvalue weighted by Crippen LogP contribution is 2.35. The van der Waals surface area contributed by atoms with Gasteiger partial charge >= 0.3 is 0 Å². The van der Waals surface area contributed by atoms with E-state index in [1.54, 1.807) is 16.8 Å². The largest absolute Gasteiger partial charge is 0.328 e. The summed E-state index contributed by atoms with van der Waals surface area (Å²) in [4.78, 5) is 17.4. The van der Waals surface area contributed by atoms with Crippen LogP contribution in [0.2, 0.25) is 5.02 Å². The maximum Gasteiger partial charge on any atom is 0.255 e. The van der Waals surface area contributed by atoms with Gasteiger partial charge in [0.25, 0.3) is 5.91 Å². The lowest BCUT2D eigenvalue weighted by Crippen LogP contribution is -2.31. The molecule has 1 unspecified atom stereocenters. The van der Waals surface area contributed by atoms with Crippen LogP contribution in [0.25, 0.3) is 0 Å². The molecule has 0 radical (unpaired) electrons. The second-order valence-electron chi connectivity index (χ2n) is 6.47. The van der Waals surface area contributed by atoms with E-state index in [2.05, 4.69) is 20.7 Å². The molecule has 2 N–H and O–H groups in total. The lowest BCUT2D eigenvalue weighted by atomic mass is 9.95. The molecule has 2 heterocycles. The molecule has 2 aromatic carbocycles. The van der Waals surface area contributed by atoms with Gasteiger partial charge in [0.2, 0.25) is 5.95 Å². The molecule has 4 rings (SSSR count). The SMILES string of the molecule is CC1=C(C(=O)Nc2cccc(C)c2)C(c2ccc(Cl)cc2)n2ncnc2N1. The summed E-state index contributed by atoms with van der Waals surface area (Å²) >= 11 is 6.04. The Morgan fingerprint density at radius 2 is 1.96 bits per heavy atom. The first-order chi connectivity index (χ1) is 13.0. The molecule has 1 aromatic heterocycles. The van der Waals surface area contributed by atoms with Gasteiger partial charge in [-0.25, -0.2) is 4.68 Å². The summed E-state index contributed by atoms with van der Waals surface area (Å²) in [5.74, 6) is 0.409. The number of halogens is 1. The first-order valence-electron chi connectivity index (χ1n) is 8.54. The summed E-state index contributed by atoms with van der Waals surface area (Å²) in [6.45, 7) is 3.85. The van der Waals surface area contributed by atoms with Crippen LogP contribution in [0, 0.1) is 6.92 Å². The number of hydrogen-bond donors (Lipinski definition) is 2. The van der Waals surface area contributed by atoms with E-state index in [-0.39, 0.29) is 5.91 Å². The summed E-state index contributed by atoms with van der Waals surface area (Å²) < 4.78 is 1.71. The van der Waals surface area contributed by atoms with Crippen molar-refractivity contribution < 1.29 is 4.79 Å². The van der Waals surface area contributed by atoms with E-state index in [9.17, 15) is 4.79 Å². The summed E-state index contributed by atoms with van der Waals surface area (Å²) in [5, 5.41) is 11.1. The molecule has 1 aliphatic heterocycles. The molecule has 7 heteroatoms. The van der Waals surface area contributed by atoms with Gasteiger partial charge in [0.1, 0.15) is 12.4 Å². The molecular weight excluding hydrogens is 362 g/mol. The highest BCUT2D eigenvalue weighted by Gasteiger charge is 2.33. The van der Waals surface area contributed by atoms with Crippen LogP contribution in [0.3, 0.4) is 0 Å². The molecule has 136 valence electrons. The molecule has 0 spiro atoms. The number of hydrogen-bond acceptors (Lipinski definition) is 4. The Bertz CT molecular complexity index is 1040. The van der Waals surface area contributed by atoms with Crippen molar-refractivity contribution in [2.45, 2.75) is 19.9 Å². The Morgan fingerprint density at radius 3 is 2.70 bits per heavy atom. The summed E-state index contributed by atoms with van der Waals surface area (Å²) in [6, 6.07) is 14.7. The van der Waals surface area contributed by atoms with Gasteiger partial charge in [-0.3, -0.25) is 4.79 Å². The van der Waals surface area contributed by atoms with Gasteiger partial charge in [0, 0.05) is 16.4 Å². The number of carbonyl (C=O) groups is 1. The van der Waals surface area contributed by atoms with Crippen LogP contribution in [-0.2, 0) is 4.79 Å². The van der Waals surface area contributed by atoms with Gasteiger partial charge in [-0.2, -0.15) is 10.1 Å². The van der Waals surface area contributed by atoms with Crippen molar-refractivity contribution in [2.75, 3.05) is 10.6 Å². The molecule has 0 fully saturated rings. The Morgan fingerprint density at radius 1 is 1.19 bits per heavy atom. The molecule has 3 aromatic rings. The highest BCUT2D eigenvalue weighted by molar-refractivity contribution is 6.30. The smallest absolute Gasteiger partial charge is 0.255 e. The third-order valence-corrected chi connectivity index (χ3v) is 4.75. The van der Waals surface area contributed by atoms with E-state index in [1.807, 2.05) is 50.2 Å². The molecule has 27 heavy (non-hydrogen) atoms. The van der Waals surface area contributed by atoms with Crippen LogP contribution in [0.4, 0.5) is 11.6 Å². The van der Waals surface area contributed by atoms with Gasteiger partial charge < -0.3 is 10.6 Å². The first kappa shape index (κ1) is 17.3. The second-order valence-corrected chi connectivity index (χ2v) is 6.91. The molecule has 0 bridgehead atoms. The minimum atomic E-state index is -0.397. The number of allylic oxidation sites excluding steroid dienone is 1. The number of amides is 1. The lowest BCUT2D eigenvalue weighted by Gasteiger charge is -2.28. The maximum atomic E-state index is 13.2. The highest BCUT2D eigenvalue weighted by atomic mass is 35.5. The summed E-state index contributed by atoms with van der Waals surface area (Å²) in [6.07, 6.45) is 1.47. The van der Waals surface area contributed by atoms with Gasteiger partial charge in [-0.05, 0) is 49.2 Å². The fourth-order valence-electron chi connectivity index (χ4n) is 3.26. The van der Waals surface area contributed by atoms with E-state index < -0.39 is 6.04 Å². The predicted octanol–water partition coefficient (Wildman–Crippen LogP) is 4.17. The molecule has 1 amide bonds. The number of aromatic nitrogens is 3. The Kier molecular flexibility index (Phi) is 4.41. The minimum absolute atomic E-state index is 0.188. The van der Waals surface area contributed by atoms with Crippen LogP contribution in [0.1, 0.15) is 24.1 Å². The van der Waals surface area contributed by atoms with Crippen LogP contribution < -0.4 is 10.6 Å². The number of anilines is 2. The molecule has 0 saturated carbocycles. The van der Waals surface area contributed by atoms with Gasteiger partial charge in [-0.1, -0.05) is 35.9 Å². The Hall–Kier alpha value is -3.12. The van der Waals surface area contributed by atoms with E-state index in [0.29, 0.717) is 16.5 Å². The van der Waals surface area contributed by atoms with Crippen molar-refractivity contribution >= 4 is 29.1 Å². The topological polar surface area (TPSA) is 71.8 Å². The van der Waals surface area contributed by atoms with E-state index in [4.69, 9.17) is 11.6 Å². The van der Waals surface area contributed by atoms with Crippen LogP contribution in [-0.4, -0.2) is 20.7 Å². The monoisotopic (exact) mass is 379 g/mol.